The van der Waals surface area contributed by atoms with Crippen LogP contribution in [0.1, 0.15) is 36.5 Å². The van der Waals surface area contributed by atoms with Crippen molar-refractivity contribution in [2.75, 3.05) is 25.1 Å². The number of benzene rings is 1. The summed E-state index contributed by atoms with van der Waals surface area (Å²) in [6.45, 7) is 2.21. The lowest BCUT2D eigenvalue weighted by atomic mass is 10.1. The Labute approximate surface area is 153 Å². The molecule has 1 N–H and O–H groups in total. The Bertz CT molecular complexity index is 884. The van der Waals surface area contributed by atoms with Crippen LogP contribution in [0.3, 0.4) is 0 Å². The normalized spacial score (nSPS) is 19.4. The quantitative estimate of drug-likeness (QED) is 0.732. The minimum Gasteiger partial charge on any atom is -0.335 e. The molecule has 2 rings (SSSR count). The first-order valence-corrected chi connectivity index (χ1v) is 11.7. The molecule has 0 radical (unpaired) electrons. The Kier molecular flexibility index (Phi) is 6.41. The Morgan fingerprint density at radius 2 is 2.08 bits per heavy atom. The molecule has 1 aromatic carbocycles. The summed E-state index contributed by atoms with van der Waals surface area (Å²) >= 11 is 0. The highest BCUT2D eigenvalue weighted by atomic mass is 32.2. The molecule has 1 aliphatic rings. The smallest absolute Gasteiger partial charge is 0.257 e. The third-order valence-electron chi connectivity index (χ3n) is 4.41. The Balaban J connectivity index is 2.40. The van der Waals surface area contributed by atoms with Gasteiger partial charge in [0.25, 0.3) is 5.91 Å². The summed E-state index contributed by atoms with van der Waals surface area (Å²) in [5, 5.41) is 0. The second kappa shape index (κ2) is 8.01. The third kappa shape index (κ3) is 4.60. The average Bonchev–Trinajstić information content (AvgIpc) is 2.95. The number of nitrogens with one attached hydrogen (secondary N) is 1. The van der Waals surface area contributed by atoms with Gasteiger partial charge in [0.15, 0.2) is 9.84 Å². The molecule has 0 aliphatic carbocycles. The monoisotopic (exact) mass is 406 g/mol. The van der Waals surface area contributed by atoms with Crippen molar-refractivity contribution < 1.29 is 26.0 Å². The number of carbonyl (C=O) groups excluding carboxylic acids is 1. The highest BCUT2D eigenvalue weighted by Crippen LogP contribution is 2.23. The van der Waals surface area contributed by atoms with E-state index < -0.39 is 37.6 Å². The van der Waals surface area contributed by atoms with Crippen molar-refractivity contribution in [3.05, 3.63) is 29.6 Å². The first-order chi connectivity index (χ1) is 12.1. The van der Waals surface area contributed by atoms with Crippen molar-refractivity contribution in [1.82, 2.24) is 9.62 Å². The van der Waals surface area contributed by atoms with Crippen LogP contribution in [0.2, 0.25) is 0 Å². The molecule has 1 saturated heterocycles. The lowest BCUT2D eigenvalue weighted by Crippen LogP contribution is -2.42. The molecule has 146 valence electrons. The Hall–Kier alpha value is -1.52. The fourth-order valence-corrected chi connectivity index (χ4v) is 5.39. The van der Waals surface area contributed by atoms with Gasteiger partial charge in [-0.25, -0.2) is 25.9 Å². The molecule has 0 spiro atoms. The second-order valence-corrected chi connectivity index (χ2v) is 10.4. The van der Waals surface area contributed by atoms with Crippen LogP contribution < -0.4 is 4.72 Å². The average molecular weight is 407 g/mol. The maximum atomic E-state index is 14.3. The standard InChI is InChI=1S/C16H23FN2O5S2/c1-3-4-8-19(12-7-9-25(21,22)11-12)16(20)14-10-13(5-6-15(14)17)26(23,24)18-2/h5-6,10,12,18H,3-4,7-9,11H2,1-2H3. The van der Waals surface area contributed by atoms with E-state index in [1.807, 2.05) is 6.92 Å². The number of halogens is 1. The van der Waals surface area contributed by atoms with E-state index in [2.05, 4.69) is 4.72 Å². The summed E-state index contributed by atoms with van der Waals surface area (Å²) in [6, 6.07) is 2.48. The number of unbranched alkanes of at least 4 members (excludes halogenated alkanes) is 1. The van der Waals surface area contributed by atoms with Crippen LogP contribution in [0.4, 0.5) is 4.39 Å². The van der Waals surface area contributed by atoms with E-state index in [4.69, 9.17) is 0 Å². The Morgan fingerprint density at radius 1 is 1.38 bits per heavy atom. The molecule has 1 aliphatic heterocycles. The van der Waals surface area contributed by atoms with Crippen molar-refractivity contribution in [3.8, 4) is 0 Å². The number of carbonyl (C=O) groups is 1. The van der Waals surface area contributed by atoms with E-state index in [0.717, 1.165) is 24.6 Å². The number of nitrogens with zero attached hydrogens (tertiary/aromatic N) is 1. The molecule has 0 aromatic heterocycles. The van der Waals surface area contributed by atoms with Gasteiger partial charge in [-0.05, 0) is 38.1 Å². The maximum Gasteiger partial charge on any atom is 0.257 e. The summed E-state index contributed by atoms with van der Waals surface area (Å²) < 4.78 is 63.8. The van der Waals surface area contributed by atoms with Gasteiger partial charge in [-0.15, -0.1) is 0 Å². The molecular formula is C16H23FN2O5S2. The van der Waals surface area contributed by atoms with Gasteiger partial charge in [0.1, 0.15) is 5.82 Å². The minimum absolute atomic E-state index is 0.00969. The lowest BCUT2D eigenvalue weighted by molar-refractivity contribution is 0.0689. The topological polar surface area (TPSA) is 101 Å². The first-order valence-electron chi connectivity index (χ1n) is 8.36. The maximum absolute atomic E-state index is 14.3. The van der Waals surface area contributed by atoms with Gasteiger partial charge in [0.2, 0.25) is 10.0 Å². The van der Waals surface area contributed by atoms with E-state index in [-0.39, 0.29) is 28.5 Å². The molecule has 1 atom stereocenters. The largest absolute Gasteiger partial charge is 0.335 e. The van der Waals surface area contributed by atoms with Crippen molar-refractivity contribution in [2.24, 2.45) is 0 Å². The number of sulfonamides is 1. The third-order valence-corrected chi connectivity index (χ3v) is 7.57. The van der Waals surface area contributed by atoms with Crippen LogP contribution in [0.15, 0.2) is 23.1 Å². The van der Waals surface area contributed by atoms with Crippen molar-refractivity contribution in [2.45, 2.75) is 37.1 Å². The molecule has 10 heteroatoms. The summed E-state index contributed by atoms with van der Waals surface area (Å²) in [6.07, 6.45) is 1.71. The second-order valence-electron chi connectivity index (χ2n) is 6.26. The summed E-state index contributed by atoms with van der Waals surface area (Å²) in [4.78, 5) is 14.1. The molecule has 1 fully saturated rings. The molecular weight excluding hydrogens is 383 g/mol. The molecule has 0 bridgehead atoms. The number of amides is 1. The lowest BCUT2D eigenvalue weighted by Gasteiger charge is -2.28. The zero-order valence-electron chi connectivity index (χ0n) is 14.7. The minimum atomic E-state index is -3.83. The zero-order chi connectivity index (χ0) is 19.5. The Morgan fingerprint density at radius 3 is 2.62 bits per heavy atom. The summed E-state index contributed by atoms with van der Waals surface area (Å²) in [5.74, 6) is -1.69. The molecule has 1 amide bonds. The predicted molar refractivity (Wildman–Crippen MR) is 95.6 cm³/mol. The number of rotatable bonds is 7. The van der Waals surface area contributed by atoms with Crippen LogP contribution >= 0.6 is 0 Å². The summed E-state index contributed by atoms with van der Waals surface area (Å²) in [7, 11) is -5.84. The van der Waals surface area contributed by atoms with E-state index in [0.29, 0.717) is 12.8 Å². The molecule has 0 saturated carbocycles. The van der Waals surface area contributed by atoms with Gasteiger partial charge in [0.05, 0.1) is 22.0 Å². The van der Waals surface area contributed by atoms with E-state index in [9.17, 15) is 26.0 Å². The predicted octanol–water partition coefficient (Wildman–Crippen LogP) is 1.16. The van der Waals surface area contributed by atoms with Crippen molar-refractivity contribution >= 4 is 25.8 Å². The molecule has 7 nitrogen and oxygen atoms in total. The van der Waals surface area contributed by atoms with Crippen molar-refractivity contribution in [1.29, 1.82) is 0 Å². The fraction of sp³-hybridized carbons (Fsp3) is 0.562. The fourth-order valence-electron chi connectivity index (χ4n) is 2.91. The highest BCUT2D eigenvalue weighted by Gasteiger charge is 2.35. The number of hydrogen-bond donors (Lipinski definition) is 1. The highest BCUT2D eigenvalue weighted by molar-refractivity contribution is 7.91. The van der Waals surface area contributed by atoms with Gasteiger partial charge in [-0.1, -0.05) is 13.3 Å². The number of hydrogen-bond acceptors (Lipinski definition) is 5. The van der Waals surface area contributed by atoms with Crippen LogP contribution in [0.5, 0.6) is 0 Å². The van der Waals surface area contributed by atoms with Crippen LogP contribution in [0.25, 0.3) is 0 Å². The first kappa shape index (κ1) is 20.8. The van der Waals surface area contributed by atoms with E-state index >= 15 is 0 Å². The molecule has 1 unspecified atom stereocenters. The molecule has 26 heavy (non-hydrogen) atoms. The van der Waals surface area contributed by atoms with Gasteiger partial charge in [-0.2, -0.15) is 0 Å². The zero-order valence-corrected chi connectivity index (χ0v) is 16.4. The molecule has 1 aromatic rings. The van der Waals surface area contributed by atoms with Gasteiger partial charge in [-0.3, -0.25) is 4.79 Å². The number of sulfone groups is 1. The van der Waals surface area contributed by atoms with Crippen LogP contribution in [-0.2, 0) is 19.9 Å². The molecule has 1 heterocycles. The van der Waals surface area contributed by atoms with Gasteiger partial charge in [0, 0.05) is 12.6 Å². The van der Waals surface area contributed by atoms with Gasteiger partial charge >= 0.3 is 0 Å². The van der Waals surface area contributed by atoms with Crippen LogP contribution in [-0.4, -0.2) is 58.8 Å². The van der Waals surface area contributed by atoms with Crippen LogP contribution in [0, 0.1) is 5.82 Å². The van der Waals surface area contributed by atoms with Crippen molar-refractivity contribution in [3.63, 3.8) is 0 Å². The summed E-state index contributed by atoms with van der Waals surface area (Å²) in [5.41, 5.74) is -0.373. The van der Waals surface area contributed by atoms with E-state index in [1.165, 1.54) is 11.9 Å². The van der Waals surface area contributed by atoms with Gasteiger partial charge < -0.3 is 4.90 Å². The SMILES string of the molecule is CCCCN(C(=O)c1cc(S(=O)(=O)NC)ccc1F)C1CCS(=O)(=O)C1. The van der Waals surface area contributed by atoms with E-state index in [1.54, 1.807) is 0 Å².